The largest absolute Gasteiger partial charge is 0.469 e. The van der Waals surface area contributed by atoms with E-state index in [1.54, 1.807) is 0 Å². The Morgan fingerprint density at radius 1 is 0.857 bits per heavy atom. The van der Waals surface area contributed by atoms with Crippen LogP contribution in [0.4, 0.5) is 0 Å². The molecule has 0 saturated heterocycles. The van der Waals surface area contributed by atoms with Crippen molar-refractivity contribution in [1.29, 1.82) is 0 Å². The van der Waals surface area contributed by atoms with Crippen LogP contribution in [0, 0.1) is 41.9 Å². The molecule has 0 heterocycles. The molecule has 0 rings (SSSR count). The third kappa shape index (κ3) is 5.39. The minimum atomic E-state index is -0.736. The van der Waals surface area contributed by atoms with Crippen LogP contribution in [-0.4, -0.2) is 24.6 Å². The fraction of sp³-hybridized carbons (Fsp3) is 0.826. The van der Waals surface area contributed by atoms with Crippen LogP contribution in [0.1, 0.15) is 82.6 Å². The van der Waals surface area contributed by atoms with Crippen LogP contribution in [0.25, 0.3) is 0 Å². The average molecular weight is 474 g/mol. The van der Waals surface area contributed by atoms with Gasteiger partial charge >= 0.3 is 11.9 Å². The van der Waals surface area contributed by atoms with Gasteiger partial charge in [-0.05, 0) is 38.5 Å². The molecular formula is C23H44O4Y-2. The Balaban J connectivity index is -0.00000312. The molecule has 165 valence electrons. The van der Waals surface area contributed by atoms with E-state index in [2.05, 4.69) is 48.5 Å². The van der Waals surface area contributed by atoms with Crippen molar-refractivity contribution in [1.82, 2.24) is 0 Å². The van der Waals surface area contributed by atoms with Crippen LogP contribution < -0.4 is 0 Å². The number of hydrogen-bond donors (Lipinski definition) is 0. The summed E-state index contributed by atoms with van der Waals surface area (Å²) in [5.74, 6) is -0.724. The molecule has 0 aromatic rings. The zero-order chi connectivity index (χ0) is 21.4. The summed E-state index contributed by atoms with van der Waals surface area (Å²) in [7, 11) is 1.42. The molecule has 1 atom stereocenters. The molecule has 28 heavy (non-hydrogen) atoms. The number of carbonyl (C=O) groups is 2. The Kier molecular flexibility index (Phi) is 12.1. The van der Waals surface area contributed by atoms with E-state index >= 15 is 0 Å². The van der Waals surface area contributed by atoms with Crippen molar-refractivity contribution in [2.75, 3.05) is 7.11 Å². The summed E-state index contributed by atoms with van der Waals surface area (Å²) in [5, 5.41) is 0. The molecule has 5 heteroatoms. The zero-order valence-corrected chi connectivity index (χ0v) is 23.5. The third-order valence-corrected chi connectivity index (χ3v) is 8.08. The molecule has 0 N–H and O–H groups in total. The quantitative estimate of drug-likeness (QED) is 0.326. The summed E-state index contributed by atoms with van der Waals surface area (Å²) in [4.78, 5) is 24.9. The van der Waals surface area contributed by atoms with Crippen molar-refractivity contribution in [2.45, 2.75) is 88.2 Å². The second-order valence-electron chi connectivity index (χ2n) is 10.1. The minimum absolute atomic E-state index is 0. The first-order chi connectivity index (χ1) is 11.3. The van der Waals surface area contributed by atoms with Gasteiger partial charge in [0, 0.05) is 44.0 Å². The third-order valence-electron chi connectivity index (χ3n) is 8.08. The maximum absolute atomic E-state index is 12.5. The fourth-order valence-electron chi connectivity index (χ4n) is 3.42. The average Bonchev–Trinajstić information content (AvgIpc) is 2.51. The molecule has 0 amide bonds. The van der Waals surface area contributed by atoms with Gasteiger partial charge in [-0.15, -0.1) is 0 Å². The Bertz CT molecular complexity index is 531. The first-order valence-corrected chi connectivity index (χ1v) is 9.45. The van der Waals surface area contributed by atoms with Crippen LogP contribution >= 0.6 is 0 Å². The summed E-state index contributed by atoms with van der Waals surface area (Å²) >= 11 is 0. The monoisotopic (exact) mass is 473 g/mol. The standard InChI is InChI=1S/C22H41O4.CH3.Y/c1-14-15(2)16(23)26-22(11,12)21(9,10)20(7,8)19(5,6)18(3,4)17(24)25-13;;/h15H,1,14H2,2-13H3;1H3;/q2*-1;. The molecule has 0 spiro atoms. The number of ether oxygens (including phenoxy) is 2. The van der Waals surface area contributed by atoms with Gasteiger partial charge in [0.15, 0.2) is 0 Å². The molecule has 0 aliphatic rings. The minimum Gasteiger partial charge on any atom is -0.469 e. The smallest absolute Gasteiger partial charge is 0.311 e. The Morgan fingerprint density at radius 2 is 1.25 bits per heavy atom. The topological polar surface area (TPSA) is 52.6 Å². The van der Waals surface area contributed by atoms with E-state index in [9.17, 15) is 9.59 Å². The van der Waals surface area contributed by atoms with E-state index in [1.807, 2.05) is 34.6 Å². The van der Waals surface area contributed by atoms with Gasteiger partial charge in [0.25, 0.3) is 0 Å². The zero-order valence-electron chi connectivity index (χ0n) is 20.7. The molecule has 0 aromatic heterocycles. The number of rotatable bonds is 8. The Labute approximate surface area is 200 Å². The van der Waals surface area contributed by atoms with Crippen molar-refractivity contribution in [3.05, 3.63) is 14.4 Å². The molecule has 1 radical (unpaired) electrons. The van der Waals surface area contributed by atoms with Gasteiger partial charge in [0.2, 0.25) is 0 Å². The number of esters is 2. The van der Waals surface area contributed by atoms with Gasteiger partial charge in [-0.3, -0.25) is 9.59 Å². The van der Waals surface area contributed by atoms with E-state index in [1.165, 1.54) is 7.11 Å². The van der Waals surface area contributed by atoms with E-state index in [-0.39, 0.29) is 63.4 Å². The summed E-state index contributed by atoms with van der Waals surface area (Å²) in [5.41, 5.74) is -2.72. The summed E-state index contributed by atoms with van der Waals surface area (Å²) in [6, 6.07) is 0. The number of carbonyl (C=O) groups excluding carboxylic acids is 2. The maximum Gasteiger partial charge on any atom is 0.311 e. The molecule has 1 unspecified atom stereocenters. The normalized spacial score (nSPS) is 14.3. The molecule has 0 aliphatic heterocycles. The van der Waals surface area contributed by atoms with Gasteiger partial charge in [0.1, 0.15) is 5.60 Å². The van der Waals surface area contributed by atoms with Gasteiger partial charge in [-0.1, -0.05) is 48.5 Å². The summed E-state index contributed by atoms with van der Waals surface area (Å²) in [6.07, 6.45) is 0.500. The second-order valence-corrected chi connectivity index (χ2v) is 10.1. The molecule has 0 aromatic carbocycles. The van der Waals surface area contributed by atoms with E-state index in [0.717, 1.165) is 0 Å². The van der Waals surface area contributed by atoms with Gasteiger partial charge in [-0.25, -0.2) is 0 Å². The van der Waals surface area contributed by atoms with Crippen LogP contribution in [-0.2, 0) is 51.8 Å². The maximum atomic E-state index is 12.5. The molecule has 0 saturated carbocycles. The van der Waals surface area contributed by atoms with Crippen molar-refractivity contribution >= 4 is 11.9 Å². The second kappa shape index (κ2) is 10.4. The number of hydrogen-bond acceptors (Lipinski definition) is 4. The molecule has 0 fully saturated rings. The first kappa shape index (κ1) is 32.7. The van der Waals surface area contributed by atoms with Gasteiger partial charge in [-0.2, -0.15) is 6.42 Å². The van der Waals surface area contributed by atoms with Gasteiger partial charge in [0.05, 0.1) is 12.5 Å². The fourth-order valence-corrected chi connectivity index (χ4v) is 3.42. The van der Waals surface area contributed by atoms with E-state index in [4.69, 9.17) is 9.47 Å². The van der Waals surface area contributed by atoms with Crippen LogP contribution in [0.2, 0.25) is 0 Å². The molecule has 0 aliphatic carbocycles. The van der Waals surface area contributed by atoms with Crippen molar-refractivity contribution in [3.8, 4) is 0 Å². The summed E-state index contributed by atoms with van der Waals surface area (Å²) in [6.45, 7) is 26.0. The predicted octanol–water partition coefficient (Wildman–Crippen LogP) is 5.89. The van der Waals surface area contributed by atoms with Gasteiger partial charge < -0.3 is 23.8 Å². The predicted molar refractivity (Wildman–Crippen MR) is 113 cm³/mol. The molecular weight excluding hydrogens is 429 g/mol. The summed E-state index contributed by atoms with van der Waals surface area (Å²) < 4.78 is 11.0. The van der Waals surface area contributed by atoms with E-state index < -0.39 is 21.8 Å². The van der Waals surface area contributed by atoms with Crippen molar-refractivity contribution in [2.24, 2.45) is 27.6 Å². The van der Waals surface area contributed by atoms with Crippen molar-refractivity contribution < 1.29 is 51.8 Å². The Morgan fingerprint density at radius 3 is 1.57 bits per heavy atom. The molecule has 4 nitrogen and oxygen atoms in total. The van der Waals surface area contributed by atoms with E-state index in [0.29, 0.717) is 6.42 Å². The number of methoxy groups -OCH3 is 1. The van der Waals surface area contributed by atoms with Crippen LogP contribution in [0.15, 0.2) is 0 Å². The first-order valence-electron chi connectivity index (χ1n) is 9.45. The van der Waals surface area contributed by atoms with Crippen molar-refractivity contribution in [3.63, 3.8) is 0 Å². The Hall–Kier alpha value is 0.0439. The SMILES string of the molecule is [CH2-]CC(C)C(=O)OC(C)(C)C(C)(C)C(C)(C)C(C)(C)C(C)(C)C(=O)OC.[CH3-].[Y]. The van der Waals surface area contributed by atoms with Crippen LogP contribution in [0.3, 0.4) is 0 Å². The molecule has 0 bridgehead atoms. The van der Waals surface area contributed by atoms with Crippen LogP contribution in [0.5, 0.6) is 0 Å².